The number of carbonyl (C=O) groups excluding carboxylic acids is 2. The van der Waals surface area contributed by atoms with Gasteiger partial charge in [0.25, 0.3) is 11.7 Å². The van der Waals surface area contributed by atoms with Crippen LogP contribution in [0.5, 0.6) is 0 Å². The second kappa shape index (κ2) is 9.09. The summed E-state index contributed by atoms with van der Waals surface area (Å²) in [6.07, 6.45) is 2.53. The van der Waals surface area contributed by atoms with Crippen LogP contribution in [0, 0.1) is 6.92 Å². The summed E-state index contributed by atoms with van der Waals surface area (Å²) in [5.74, 6) is -1.40. The van der Waals surface area contributed by atoms with Crippen LogP contribution in [0.15, 0.2) is 47.5 Å². The molecule has 1 amide bonds. The van der Waals surface area contributed by atoms with Crippen molar-refractivity contribution in [1.29, 1.82) is 0 Å². The molecule has 8 nitrogen and oxygen atoms in total. The van der Waals surface area contributed by atoms with Gasteiger partial charge in [0.2, 0.25) is 0 Å². The minimum absolute atomic E-state index is 0.127. The number of hydrogen-bond donors (Lipinski definition) is 1. The molecule has 0 unspecified atom stereocenters. The number of aryl methyl sites for hydroxylation is 1. The first-order valence-electron chi connectivity index (χ1n) is 11.1. The molecule has 172 valence electrons. The largest absolute Gasteiger partial charge is 0.505 e. The van der Waals surface area contributed by atoms with Gasteiger partial charge in [0.05, 0.1) is 30.5 Å². The molecule has 9 heteroatoms. The first-order valence-corrected chi connectivity index (χ1v) is 12.0. The molecule has 33 heavy (non-hydrogen) atoms. The van der Waals surface area contributed by atoms with Crippen molar-refractivity contribution < 1.29 is 19.4 Å². The van der Waals surface area contributed by atoms with E-state index in [1.807, 2.05) is 35.7 Å². The van der Waals surface area contributed by atoms with E-state index in [1.54, 1.807) is 22.4 Å². The Morgan fingerprint density at radius 2 is 2.00 bits per heavy atom. The van der Waals surface area contributed by atoms with Crippen LogP contribution in [0.2, 0.25) is 0 Å². The lowest BCUT2D eigenvalue weighted by molar-refractivity contribution is -0.140. The number of carbonyl (C=O) groups is 2. The molecule has 0 aliphatic carbocycles. The average molecular weight is 467 g/mol. The van der Waals surface area contributed by atoms with Crippen LogP contribution in [0.3, 0.4) is 0 Å². The number of fused-ring (bicyclic) bond motifs is 1. The maximum absolute atomic E-state index is 13.2. The molecule has 2 fully saturated rings. The fourth-order valence-corrected chi connectivity index (χ4v) is 5.51. The molecule has 1 N–H and O–H groups in total. The number of nitrogens with zero attached hydrogens (tertiary/aromatic N) is 4. The van der Waals surface area contributed by atoms with Crippen molar-refractivity contribution in [2.45, 2.75) is 19.4 Å². The van der Waals surface area contributed by atoms with Gasteiger partial charge in [-0.2, -0.15) is 0 Å². The van der Waals surface area contributed by atoms with Crippen molar-refractivity contribution in [3.8, 4) is 0 Å². The molecule has 0 spiro atoms. The number of hydrogen-bond acceptors (Lipinski definition) is 7. The fraction of sp³-hybridized carbons (Fsp3) is 0.375. The van der Waals surface area contributed by atoms with Gasteiger partial charge in [-0.25, -0.2) is 4.98 Å². The number of Topliss-reactive ketones (excluding diaryl/α,β-unsaturated/α-hetero) is 1. The van der Waals surface area contributed by atoms with E-state index < -0.39 is 17.7 Å². The number of rotatable bonds is 6. The summed E-state index contributed by atoms with van der Waals surface area (Å²) in [5.41, 5.74) is 1.84. The van der Waals surface area contributed by atoms with Gasteiger partial charge in [-0.05, 0) is 36.9 Å². The number of amides is 1. The summed E-state index contributed by atoms with van der Waals surface area (Å²) in [4.78, 5) is 35.6. The zero-order valence-electron chi connectivity index (χ0n) is 18.4. The van der Waals surface area contributed by atoms with Gasteiger partial charge in [0, 0.05) is 37.3 Å². The van der Waals surface area contributed by atoms with Gasteiger partial charge in [-0.1, -0.05) is 12.1 Å². The number of likely N-dealkylation sites (tertiary alicyclic amines) is 1. The predicted molar refractivity (Wildman–Crippen MR) is 125 cm³/mol. The van der Waals surface area contributed by atoms with Gasteiger partial charge >= 0.3 is 0 Å². The topological polar surface area (TPSA) is 87.4 Å². The normalized spacial score (nSPS) is 21.4. The Kier molecular flexibility index (Phi) is 6.01. The highest BCUT2D eigenvalue weighted by atomic mass is 32.1. The van der Waals surface area contributed by atoms with Crippen molar-refractivity contribution in [2.24, 2.45) is 0 Å². The second-order valence-corrected chi connectivity index (χ2v) is 9.27. The zero-order chi connectivity index (χ0) is 22.9. The summed E-state index contributed by atoms with van der Waals surface area (Å²) < 4.78 is 7.15. The van der Waals surface area contributed by atoms with E-state index in [4.69, 9.17) is 4.74 Å². The van der Waals surface area contributed by atoms with Gasteiger partial charge in [-0.15, -0.1) is 11.3 Å². The summed E-state index contributed by atoms with van der Waals surface area (Å²) in [7, 11) is 0. The maximum Gasteiger partial charge on any atom is 0.295 e. The van der Waals surface area contributed by atoms with Crippen molar-refractivity contribution in [2.75, 3.05) is 39.4 Å². The summed E-state index contributed by atoms with van der Waals surface area (Å²) in [5, 5.41) is 13.3. The second-order valence-electron chi connectivity index (χ2n) is 8.29. The molecule has 3 aromatic heterocycles. The van der Waals surface area contributed by atoms with E-state index in [9.17, 15) is 14.7 Å². The van der Waals surface area contributed by atoms with Gasteiger partial charge in [0.15, 0.2) is 5.76 Å². The van der Waals surface area contributed by atoms with E-state index in [0.717, 1.165) is 44.1 Å². The third kappa shape index (κ3) is 3.96. The number of aliphatic hydroxyl groups is 1. The molecule has 2 saturated heterocycles. The van der Waals surface area contributed by atoms with Crippen LogP contribution >= 0.6 is 11.3 Å². The number of ether oxygens (including phenoxy) is 1. The Morgan fingerprint density at radius 3 is 2.76 bits per heavy atom. The number of aliphatic hydroxyl groups excluding tert-OH is 1. The average Bonchev–Trinajstić information content (AvgIpc) is 3.52. The summed E-state index contributed by atoms with van der Waals surface area (Å²) in [6.45, 7) is 6.25. The first kappa shape index (κ1) is 21.8. The number of ketones is 1. The molecule has 0 aromatic carbocycles. The van der Waals surface area contributed by atoms with Gasteiger partial charge in [0.1, 0.15) is 11.3 Å². The van der Waals surface area contributed by atoms with Gasteiger partial charge < -0.3 is 14.7 Å². The number of aromatic nitrogens is 2. The Bertz CT molecular complexity index is 1210. The van der Waals surface area contributed by atoms with Crippen molar-refractivity contribution in [1.82, 2.24) is 19.2 Å². The maximum atomic E-state index is 13.2. The molecule has 1 atom stereocenters. The molecule has 0 saturated carbocycles. The Hall–Kier alpha value is -3.01. The highest BCUT2D eigenvalue weighted by Gasteiger charge is 2.46. The third-order valence-corrected chi connectivity index (χ3v) is 7.18. The molecule has 5 rings (SSSR count). The molecule has 3 aromatic rings. The molecular weight excluding hydrogens is 440 g/mol. The SMILES string of the molecule is Cc1nc2ccccn2c1/C(O)=C1\C(=O)C(=O)N(CCCN2CCOCC2)[C@H]1c1cccs1. The Balaban J connectivity index is 1.51. The number of thiophene rings is 1. The quantitative estimate of drug-likeness (QED) is 0.342. The van der Waals surface area contributed by atoms with Gasteiger partial charge in [-0.3, -0.25) is 18.9 Å². The molecule has 2 aliphatic heterocycles. The van der Waals surface area contributed by atoms with Crippen LogP contribution in [0.4, 0.5) is 0 Å². The Morgan fingerprint density at radius 1 is 1.18 bits per heavy atom. The number of pyridine rings is 1. The third-order valence-electron chi connectivity index (χ3n) is 6.26. The van der Waals surface area contributed by atoms with Crippen LogP contribution in [-0.4, -0.2) is 75.4 Å². The monoisotopic (exact) mass is 466 g/mol. The van der Waals surface area contributed by atoms with E-state index in [2.05, 4.69) is 9.88 Å². The highest BCUT2D eigenvalue weighted by molar-refractivity contribution is 7.10. The van der Waals surface area contributed by atoms with Crippen LogP contribution in [0.25, 0.3) is 11.4 Å². The first-order chi connectivity index (χ1) is 16.1. The molecule has 2 aliphatic rings. The minimum atomic E-state index is -0.650. The molecule has 0 radical (unpaired) electrons. The van der Waals surface area contributed by atoms with E-state index in [-0.39, 0.29) is 11.3 Å². The van der Waals surface area contributed by atoms with Crippen LogP contribution in [0.1, 0.15) is 28.7 Å². The molecular formula is C24H26N4O4S. The van der Waals surface area contributed by atoms with E-state index in [1.165, 1.54) is 11.3 Å². The van der Waals surface area contributed by atoms with E-state index >= 15 is 0 Å². The lowest BCUT2D eigenvalue weighted by atomic mass is 10.0. The van der Waals surface area contributed by atoms with Crippen LogP contribution < -0.4 is 0 Å². The standard InChI is InChI=1S/C24H26N4O4S/c1-16-20(27-9-3-2-7-18(27)25-16)22(29)19-21(17-6-4-15-33-17)28(24(31)23(19)30)10-5-8-26-11-13-32-14-12-26/h2-4,6-7,9,15,21,29H,5,8,10-14H2,1H3/b22-19+/t21-/m0/s1. The predicted octanol–water partition coefficient (Wildman–Crippen LogP) is 2.85. The lowest BCUT2D eigenvalue weighted by Gasteiger charge is -2.28. The highest BCUT2D eigenvalue weighted by Crippen LogP contribution is 2.41. The van der Waals surface area contributed by atoms with Crippen molar-refractivity contribution in [3.05, 3.63) is 63.7 Å². The summed E-state index contributed by atoms with van der Waals surface area (Å²) in [6, 6.07) is 8.74. The molecule has 0 bridgehead atoms. The molecule has 5 heterocycles. The number of imidazole rings is 1. The minimum Gasteiger partial charge on any atom is -0.505 e. The Labute approximate surface area is 195 Å². The van der Waals surface area contributed by atoms with Crippen molar-refractivity contribution >= 4 is 34.4 Å². The van der Waals surface area contributed by atoms with E-state index in [0.29, 0.717) is 23.6 Å². The van der Waals surface area contributed by atoms with Crippen LogP contribution in [-0.2, 0) is 14.3 Å². The summed E-state index contributed by atoms with van der Waals surface area (Å²) >= 11 is 1.48. The van der Waals surface area contributed by atoms with Crippen molar-refractivity contribution in [3.63, 3.8) is 0 Å². The lowest BCUT2D eigenvalue weighted by Crippen LogP contribution is -2.38. The fourth-order valence-electron chi connectivity index (χ4n) is 4.67. The zero-order valence-corrected chi connectivity index (χ0v) is 19.3. The smallest absolute Gasteiger partial charge is 0.295 e. The number of morpholine rings is 1.